The lowest BCUT2D eigenvalue weighted by molar-refractivity contribution is 0.0479. The van der Waals surface area contributed by atoms with E-state index in [2.05, 4.69) is 25.9 Å². The van der Waals surface area contributed by atoms with E-state index in [1.54, 1.807) is 36.4 Å². The number of carbonyl (C=O) groups is 2. The minimum Gasteiger partial charge on any atom is -0.489 e. The van der Waals surface area contributed by atoms with E-state index in [1.807, 2.05) is 0 Å². The predicted octanol–water partition coefficient (Wildman–Crippen LogP) is 3.67. The minimum absolute atomic E-state index is 0.103. The maximum atomic E-state index is 12.7. The summed E-state index contributed by atoms with van der Waals surface area (Å²) in [7, 11) is 0. The number of ether oxygens (including phenoxy) is 1. The van der Waals surface area contributed by atoms with Crippen molar-refractivity contribution in [3.8, 4) is 5.75 Å². The largest absolute Gasteiger partial charge is 0.489 e. The van der Waals surface area contributed by atoms with Crippen LogP contribution in [0.1, 0.15) is 46.4 Å². The molecule has 1 aliphatic heterocycles. The summed E-state index contributed by atoms with van der Waals surface area (Å²) in [5.74, 6) is 0.0593. The molecule has 3 aromatic rings. The van der Waals surface area contributed by atoms with E-state index in [4.69, 9.17) is 4.74 Å². The van der Waals surface area contributed by atoms with Crippen LogP contribution >= 0.6 is 15.9 Å². The summed E-state index contributed by atoms with van der Waals surface area (Å²) in [6.07, 6.45) is 3.96. The highest BCUT2D eigenvalue weighted by Gasteiger charge is 2.41. The Bertz CT molecular complexity index is 1200. The molecule has 5 rings (SSSR count). The number of hydrogen-bond donors (Lipinski definition) is 1. The van der Waals surface area contributed by atoms with E-state index >= 15 is 0 Å². The zero-order chi connectivity index (χ0) is 20.8. The van der Waals surface area contributed by atoms with Crippen LogP contribution in [-0.2, 0) is 0 Å². The number of carbonyl (C=O) groups excluding carboxylic acids is 2. The van der Waals surface area contributed by atoms with Crippen LogP contribution in [0.15, 0.2) is 52.0 Å². The van der Waals surface area contributed by atoms with Gasteiger partial charge < -0.3 is 9.72 Å². The average molecular weight is 468 g/mol. The standard InChI is InChI=1S/C22H18BrN3O4/c23-12-9-17-19(20(27)25-11-24-17)18(10-12)30-14-7-5-13(6-8-14)26-21(28)15-3-1-2-4-16(15)22(26)29/h1-4,9-11,13-14H,5-8H2,(H,24,25,27). The Balaban J connectivity index is 1.32. The highest BCUT2D eigenvalue weighted by Crippen LogP contribution is 2.34. The summed E-state index contributed by atoms with van der Waals surface area (Å²) in [4.78, 5) is 45.9. The lowest BCUT2D eigenvalue weighted by Gasteiger charge is -2.33. The van der Waals surface area contributed by atoms with E-state index in [1.165, 1.54) is 11.2 Å². The monoisotopic (exact) mass is 467 g/mol. The molecule has 0 bridgehead atoms. The summed E-state index contributed by atoms with van der Waals surface area (Å²) in [5.41, 5.74) is 1.27. The number of fused-ring (bicyclic) bond motifs is 2. The number of halogens is 1. The van der Waals surface area contributed by atoms with Crippen molar-refractivity contribution < 1.29 is 14.3 Å². The molecule has 1 fully saturated rings. The number of imide groups is 1. The summed E-state index contributed by atoms with van der Waals surface area (Å²) < 4.78 is 6.96. The van der Waals surface area contributed by atoms with Crippen molar-refractivity contribution in [2.45, 2.75) is 37.8 Å². The molecule has 0 radical (unpaired) electrons. The highest BCUT2D eigenvalue weighted by atomic mass is 79.9. The van der Waals surface area contributed by atoms with Crippen molar-refractivity contribution in [1.29, 1.82) is 0 Å². The summed E-state index contributed by atoms with van der Waals surface area (Å²) in [6, 6.07) is 10.4. The maximum absolute atomic E-state index is 12.7. The molecule has 0 saturated heterocycles. The molecule has 30 heavy (non-hydrogen) atoms. The fourth-order valence-corrected chi connectivity index (χ4v) is 4.79. The van der Waals surface area contributed by atoms with Crippen LogP contribution in [0.3, 0.4) is 0 Å². The third-order valence-corrected chi connectivity index (χ3v) is 6.26. The van der Waals surface area contributed by atoms with Crippen LogP contribution < -0.4 is 10.3 Å². The first-order valence-electron chi connectivity index (χ1n) is 9.83. The topological polar surface area (TPSA) is 92.4 Å². The second-order valence-electron chi connectivity index (χ2n) is 7.60. The molecule has 2 aromatic carbocycles. The van der Waals surface area contributed by atoms with Gasteiger partial charge in [-0.25, -0.2) is 4.98 Å². The van der Waals surface area contributed by atoms with Gasteiger partial charge in [0.2, 0.25) is 0 Å². The molecule has 2 aliphatic rings. The molecule has 1 saturated carbocycles. The Hall–Kier alpha value is -3.00. The molecular weight excluding hydrogens is 450 g/mol. The fraction of sp³-hybridized carbons (Fsp3) is 0.273. The van der Waals surface area contributed by atoms with Crippen LogP contribution in [0.2, 0.25) is 0 Å². The molecule has 152 valence electrons. The molecule has 0 unspecified atom stereocenters. The zero-order valence-electron chi connectivity index (χ0n) is 15.9. The Morgan fingerprint density at radius 1 is 1.00 bits per heavy atom. The van der Waals surface area contributed by atoms with Gasteiger partial charge in [0.1, 0.15) is 11.1 Å². The molecule has 2 heterocycles. The Morgan fingerprint density at radius 2 is 1.67 bits per heavy atom. The van der Waals surface area contributed by atoms with Gasteiger partial charge in [0.15, 0.2) is 0 Å². The number of hydrogen-bond acceptors (Lipinski definition) is 5. The van der Waals surface area contributed by atoms with Crippen LogP contribution in [-0.4, -0.2) is 38.8 Å². The van der Waals surface area contributed by atoms with Crippen molar-refractivity contribution in [3.05, 3.63) is 68.7 Å². The number of benzene rings is 2. The van der Waals surface area contributed by atoms with Crippen molar-refractivity contribution in [3.63, 3.8) is 0 Å². The first kappa shape index (κ1) is 19.0. The van der Waals surface area contributed by atoms with Crippen molar-refractivity contribution in [2.75, 3.05) is 0 Å². The van der Waals surface area contributed by atoms with Gasteiger partial charge in [-0.3, -0.25) is 19.3 Å². The number of rotatable bonds is 3. The van der Waals surface area contributed by atoms with E-state index in [-0.39, 0.29) is 29.5 Å². The Kier molecular flexibility index (Phi) is 4.66. The smallest absolute Gasteiger partial charge is 0.262 e. The number of amides is 2. The van der Waals surface area contributed by atoms with Gasteiger partial charge in [-0.1, -0.05) is 28.1 Å². The van der Waals surface area contributed by atoms with Crippen LogP contribution in [0, 0.1) is 0 Å². The van der Waals surface area contributed by atoms with Crippen molar-refractivity contribution >= 4 is 38.6 Å². The van der Waals surface area contributed by atoms with Crippen molar-refractivity contribution in [2.24, 2.45) is 0 Å². The Morgan fingerprint density at radius 3 is 2.33 bits per heavy atom. The van der Waals surface area contributed by atoms with Gasteiger partial charge in [-0.05, 0) is 49.9 Å². The van der Waals surface area contributed by atoms with Gasteiger partial charge in [0.25, 0.3) is 17.4 Å². The van der Waals surface area contributed by atoms with E-state index in [9.17, 15) is 14.4 Å². The summed E-state index contributed by atoms with van der Waals surface area (Å²) >= 11 is 3.44. The van der Waals surface area contributed by atoms with E-state index in [0.717, 1.165) is 4.47 Å². The van der Waals surface area contributed by atoms with Gasteiger partial charge in [-0.15, -0.1) is 0 Å². The number of aromatic amines is 1. The predicted molar refractivity (Wildman–Crippen MR) is 114 cm³/mol. The number of nitrogens with zero attached hydrogens (tertiary/aromatic N) is 2. The average Bonchev–Trinajstić information content (AvgIpc) is 2.99. The SMILES string of the molecule is O=C1c2ccccc2C(=O)N1C1CCC(Oc2cc(Br)cc3nc[nH]c(=O)c23)CC1. The van der Waals surface area contributed by atoms with E-state index in [0.29, 0.717) is 53.5 Å². The first-order valence-corrected chi connectivity index (χ1v) is 10.6. The van der Waals surface area contributed by atoms with Gasteiger partial charge in [0, 0.05) is 10.5 Å². The normalized spacial score (nSPS) is 21.2. The second kappa shape index (κ2) is 7.36. The molecule has 0 atom stereocenters. The molecule has 1 N–H and O–H groups in total. The quantitative estimate of drug-likeness (QED) is 0.593. The summed E-state index contributed by atoms with van der Waals surface area (Å²) in [6.45, 7) is 0. The van der Waals surface area contributed by atoms with E-state index < -0.39 is 0 Å². The minimum atomic E-state index is -0.248. The fourth-order valence-electron chi connectivity index (χ4n) is 4.36. The summed E-state index contributed by atoms with van der Waals surface area (Å²) in [5, 5.41) is 0.420. The van der Waals surface area contributed by atoms with Gasteiger partial charge in [0.05, 0.1) is 29.1 Å². The second-order valence-corrected chi connectivity index (χ2v) is 8.52. The molecule has 1 aromatic heterocycles. The highest BCUT2D eigenvalue weighted by molar-refractivity contribution is 9.10. The number of nitrogens with one attached hydrogen (secondary N) is 1. The number of aromatic nitrogens is 2. The molecule has 1 aliphatic carbocycles. The number of H-pyrrole nitrogens is 1. The van der Waals surface area contributed by atoms with Crippen LogP contribution in [0.5, 0.6) is 5.75 Å². The molecule has 7 nitrogen and oxygen atoms in total. The third kappa shape index (κ3) is 3.11. The lowest BCUT2D eigenvalue weighted by atomic mass is 9.91. The maximum Gasteiger partial charge on any atom is 0.262 e. The molecular formula is C22H18BrN3O4. The first-order chi connectivity index (χ1) is 14.5. The third-order valence-electron chi connectivity index (χ3n) is 5.80. The molecule has 2 amide bonds. The molecule has 0 spiro atoms. The lowest BCUT2D eigenvalue weighted by Crippen LogP contribution is -2.43. The van der Waals surface area contributed by atoms with Gasteiger partial charge >= 0.3 is 0 Å². The van der Waals surface area contributed by atoms with Crippen molar-refractivity contribution in [1.82, 2.24) is 14.9 Å². The van der Waals surface area contributed by atoms with Crippen LogP contribution in [0.4, 0.5) is 0 Å². The molecule has 8 heteroatoms. The van der Waals surface area contributed by atoms with Gasteiger partial charge in [-0.2, -0.15) is 0 Å². The zero-order valence-corrected chi connectivity index (χ0v) is 17.5. The van der Waals surface area contributed by atoms with Crippen LogP contribution in [0.25, 0.3) is 10.9 Å². The Labute approximate surface area is 180 Å².